The zero-order valence-corrected chi connectivity index (χ0v) is 13.6. The lowest BCUT2D eigenvalue weighted by atomic mass is 10.1. The number of rotatable bonds is 7. The van der Waals surface area contributed by atoms with Gasteiger partial charge in [-0.25, -0.2) is 0 Å². The molecule has 23 heavy (non-hydrogen) atoms. The second-order valence-corrected chi connectivity index (χ2v) is 5.90. The van der Waals surface area contributed by atoms with E-state index in [1.165, 1.54) is 37.9 Å². The van der Waals surface area contributed by atoms with Crippen LogP contribution in [0.4, 0.5) is 0 Å². The maximum Gasteiger partial charge on any atom is 0.160 e. The van der Waals surface area contributed by atoms with Gasteiger partial charge >= 0.3 is 0 Å². The minimum absolute atomic E-state index is 0.0338. The number of nitrogens with two attached hydrogens (primary N) is 1. The highest BCUT2D eigenvalue weighted by molar-refractivity contribution is 6.37. The fraction of sp³-hybridized carbons (Fsp3) is 0.529. The second kappa shape index (κ2) is 9.15. The van der Waals surface area contributed by atoms with Crippen molar-refractivity contribution in [1.29, 1.82) is 10.8 Å². The van der Waals surface area contributed by atoms with E-state index in [4.69, 9.17) is 21.3 Å². The third-order valence-corrected chi connectivity index (χ3v) is 3.91. The van der Waals surface area contributed by atoms with Gasteiger partial charge in [-0.1, -0.05) is 18.6 Å². The standard InChI is InChI=1S/C17H27N5O/c18-16(19)17(20)21-8-5-11-23-15-7-4-6-14(12-15)13-22-9-2-1-3-10-22/h4,6-7,12H,1-3,5,8-11,13H2,(H3,18,19)(H2,20,21). The van der Waals surface area contributed by atoms with Crippen molar-refractivity contribution in [3.63, 3.8) is 0 Å². The van der Waals surface area contributed by atoms with Crippen LogP contribution in [-0.2, 0) is 6.54 Å². The van der Waals surface area contributed by atoms with Crippen LogP contribution in [0, 0.1) is 10.8 Å². The van der Waals surface area contributed by atoms with E-state index in [0.717, 1.165) is 18.7 Å². The van der Waals surface area contributed by atoms with E-state index in [1.54, 1.807) is 0 Å². The Labute approximate surface area is 138 Å². The van der Waals surface area contributed by atoms with E-state index in [0.29, 0.717) is 13.2 Å². The number of amidine groups is 2. The first-order valence-electron chi connectivity index (χ1n) is 8.26. The average molecular weight is 317 g/mol. The fourth-order valence-electron chi connectivity index (χ4n) is 2.68. The molecular weight excluding hydrogens is 290 g/mol. The number of nitrogens with zero attached hydrogens (tertiary/aromatic N) is 1. The molecule has 0 radical (unpaired) electrons. The average Bonchev–Trinajstić information content (AvgIpc) is 2.55. The molecule has 0 bridgehead atoms. The van der Waals surface area contributed by atoms with Crippen molar-refractivity contribution >= 4 is 11.7 Å². The van der Waals surface area contributed by atoms with Crippen LogP contribution >= 0.6 is 0 Å². The van der Waals surface area contributed by atoms with Crippen LogP contribution in [0.1, 0.15) is 31.2 Å². The summed E-state index contributed by atoms with van der Waals surface area (Å²) in [6.07, 6.45) is 4.72. The summed E-state index contributed by atoms with van der Waals surface area (Å²) in [5.74, 6) is 0.617. The van der Waals surface area contributed by atoms with Crippen LogP contribution in [0.5, 0.6) is 5.75 Å². The summed E-state index contributed by atoms with van der Waals surface area (Å²) < 4.78 is 5.76. The van der Waals surface area contributed by atoms with Gasteiger partial charge in [-0.2, -0.15) is 0 Å². The number of piperidine rings is 1. The van der Waals surface area contributed by atoms with Gasteiger partial charge < -0.3 is 15.8 Å². The Balaban J connectivity index is 1.70. The molecule has 0 aliphatic carbocycles. The lowest BCUT2D eigenvalue weighted by Crippen LogP contribution is -2.35. The van der Waals surface area contributed by atoms with Crippen LogP contribution in [0.15, 0.2) is 24.3 Å². The predicted molar refractivity (Wildman–Crippen MR) is 93.3 cm³/mol. The second-order valence-electron chi connectivity index (χ2n) is 5.90. The van der Waals surface area contributed by atoms with Crippen molar-refractivity contribution in [3.05, 3.63) is 29.8 Å². The minimum atomic E-state index is -0.240. The highest BCUT2D eigenvalue weighted by Crippen LogP contribution is 2.17. The minimum Gasteiger partial charge on any atom is -0.494 e. The monoisotopic (exact) mass is 317 g/mol. The molecule has 126 valence electrons. The van der Waals surface area contributed by atoms with Crippen molar-refractivity contribution in [2.24, 2.45) is 5.73 Å². The van der Waals surface area contributed by atoms with Gasteiger partial charge in [0, 0.05) is 13.1 Å². The first-order valence-corrected chi connectivity index (χ1v) is 8.26. The summed E-state index contributed by atoms with van der Waals surface area (Å²) in [5, 5.41) is 17.3. The number of hydrogen-bond acceptors (Lipinski definition) is 4. The molecule has 2 rings (SSSR count). The molecular formula is C17H27N5O. The lowest BCUT2D eigenvalue weighted by Gasteiger charge is -2.26. The number of ether oxygens (including phenoxy) is 1. The molecule has 0 spiro atoms. The predicted octanol–water partition coefficient (Wildman–Crippen LogP) is 1.94. The quantitative estimate of drug-likeness (QED) is 0.351. The SMILES string of the molecule is N=C(N)C(=N)NCCCOc1cccc(CN2CCCCC2)c1. The normalized spacial score (nSPS) is 15.1. The van der Waals surface area contributed by atoms with Crippen LogP contribution in [0.2, 0.25) is 0 Å². The van der Waals surface area contributed by atoms with E-state index in [-0.39, 0.29) is 11.7 Å². The van der Waals surface area contributed by atoms with Gasteiger partial charge in [0.2, 0.25) is 0 Å². The van der Waals surface area contributed by atoms with Crippen LogP contribution in [0.25, 0.3) is 0 Å². The topological polar surface area (TPSA) is 98.2 Å². The maximum atomic E-state index is 7.39. The van der Waals surface area contributed by atoms with Crippen molar-refractivity contribution < 1.29 is 4.74 Å². The molecule has 0 saturated carbocycles. The fourth-order valence-corrected chi connectivity index (χ4v) is 2.68. The van der Waals surface area contributed by atoms with Gasteiger partial charge in [0.05, 0.1) is 6.61 Å². The summed E-state index contributed by atoms with van der Waals surface area (Å²) in [6, 6.07) is 8.28. The summed E-state index contributed by atoms with van der Waals surface area (Å²) in [6.45, 7) is 4.53. The molecule has 1 aliphatic rings. The maximum absolute atomic E-state index is 7.39. The molecule has 1 heterocycles. The molecule has 6 heteroatoms. The van der Waals surface area contributed by atoms with E-state index in [1.807, 2.05) is 12.1 Å². The summed E-state index contributed by atoms with van der Waals surface area (Å²) in [4.78, 5) is 2.50. The summed E-state index contributed by atoms with van der Waals surface area (Å²) in [7, 11) is 0. The smallest absolute Gasteiger partial charge is 0.160 e. The zero-order chi connectivity index (χ0) is 16.5. The third kappa shape index (κ3) is 6.28. The van der Waals surface area contributed by atoms with Crippen LogP contribution in [-0.4, -0.2) is 42.8 Å². The largest absolute Gasteiger partial charge is 0.494 e. The van der Waals surface area contributed by atoms with Crippen molar-refractivity contribution in [3.8, 4) is 5.75 Å². The first-order chi connectivity index (χ1) is 11.1. The molecule has 0 amide bonds. The lowest BCUT2D eigenvalue weighted by molar-refractivity contribution is 0.220. The van der Waals surface area contributed by atoms with E-state index in [9.17, 15) is 0 Å². The van der Waals surface area contributed by atoms with Gasteiger partial charge in [0.15, 0.2) is 11.7 Å². The van der Waals surface area contributed by atoms with Crippen LogP contribution in [0.3, 0.4) is 0 Å². The third-order valence-electron chi connectivity index (χ3n) is 3.91. The molecule has 1 fully saturated rings. The van der Waals surface area contributed by atoms with Crippen molar-refractivity contribution in [2.75, 3.05) is 26.2 Å². The number of nitrogens with one attached hydrogen (secondary N) is 3. The molecule has 0 atom stereocenters. The van der Waals surface area contributed by atoms with Gasteiger partial charge in [-0.15, -0.1) is 0 Å². The van der Waals surface area contributed by atoms with Crippen molar-refractivity contribution in [2.45, 2.75) is 32.2 Å². The Kier molecular flexibility index (Phi) is 6.87. The molecule has 1 aromatic carbocycles. The number of benzene rings is 1. The molecule has 1 aromatic rings. The summed E-state index contributed by atoms with van der Waals surface area (Å²) in [5.41, 5.74) is 6.49. The molecule has 6 nitrogen and oxygen atoms in total. The first kappa shape index (κ1) is 17.3. The highest BCUT2D eigenvalue weighted by atomic mass is 16.5. The molecule has 1 saturated heterocycles. The Morgan fingerprint density at radius 2 is 2.00 bits per heavy atom. The Morgan fingerprint density at radius 3 is 2.74 bits per heavy atom. The van der Waals surface area contributed by atoms with Gasteiger partial charge in [0.1, 0.15) is 5.75 Å². The van der Waals surface area contributed by atoms with E-state index in [2.05, 4.69) is 22.3 Å². The Morgan fingerprint density at radius 1 is 1.22 bits per heavy atom. The number of likely N-dealkylation sites (tertiary alicyclic amines) is 1. The summed E-state index contributed by atoms with van der Waals surface area (Å²) >= 11 is 0. The van der Waals surface area contributed by atoms with Crippen molar-refractivity contribution in [1.82, 2.24) is 10.2 Å². The van der Waals surface area contributed by atoms with E-state index < -0.39 is 0 Å². The Hall–Kier alpha value is -2.08. The van der Waals surface area contributed by atoms with E-state index >= 15 is 0 Å². The molecule has 0 aromatic heterocycles. The van der Waals surface area contributed by atoms with Gasteiger partial charge in [0.25, 0.3) is 0 Å². The van der Waals surface area contributed by atoms with Gasteiger partial charge in [-0.05, 0) is 50.0 Å². The van der Waals surface area contributed by atoms with Gasteiger partial charge in [-0.3, -0.25) is 15.7 Å². The molecule has 1 aliphatic heterocycles. The zero-order valence-electron chi connectivity index (χ0n) is 13.6. The highest BCUT2D eigenvalue weighted by Gasteiger charge is 2.10. The van der Waals surface area contributed by atoms with Crippen LogP contribution < -0.4 is 15.8 Å². The molecule has 0 unspecified atom stereocenters. The Bertz CT molecular complexity index is 525. The number of hydrogen-bond donors (Lipinski definition) is 4. The molecule has 5 N–H and O–H groups in total.